The van der Waals surface area contributed by atoms with E-state index in [1.807, 2.05) is 0 Å². The molecule has 0 saturated heterocycles. The summed E-state index contributed by atoms with van der Waals surface area (Å²) in [5, 5.41) is 8.44. The van der Waals surface area contributed by atoms with E-state index < -0.39 is 12.0 Å². The molecule has 0 aliphatic rings. The molecule has 0 aromatic rings. The van der Waals surface area contributed by atoms with Gasteiger partial charge in [0.25, 0.3) is 0 Å². The van der Waals surface area contributed by atoms with Gasteiger partial charge in [0.2, 0.25) is 0 Å². The van der Waals surface area contributed by atoms with Crippen LogP contribution in [0.1, 0.15) is 19.8 Å². The lowest BCUT2D eigenvalue weighted by Gasteiger charge is -1.97. The van der Waals surface area contributed by atoms with E-state index in [2.05, 4.69) is 4.99 Å². The van der Waals surface area contributed by atoms with E-state index in [1.54, 1.807) is 13.0 Å². The van der Waals surface area contributed by atoms with Gasteiger partial charge in [-0.3, -0.25) is 9.79 Å². The van der Waals surface area contributed by atoms with Gasteiger partial charge in [0.05, 0.1) is 5.84 Å². The number of unbranched alkanes of at least 4 members (excludes halogenated alkanes) is 1. The Hall–Kier alpha value is -1.36. The van der Waals surface area contributed by atoms with Crippen LogP contribution in [0.3, 0.4) is 0 Å². The molecule has 0 bridgehead atoms. The first kappa shape index (κ1) is 12.6. The van der Waals surface area contributed by atoms with Crippen molar-refractivity contribution in [3.05, 3.63) is 12.2 Å². The minimum absolute atomic E-state index is 0.566. The van der Waals surface area contributed by atoms with Gasteiger partial charge in [-0.15, -0.1) is 0 Å². The zero-order valence-corrected chi connectivity index (χ0v) is 8.31. The molecule has 0 rings (SSSR count). The summed E-state index contributed by atoms with van der Waals surface area (Å²) in [5.74, 6) is -0.451. The van der Waals surface area contributed by atoms with Crippen molar-refractivity contribution >= 4 is 11.8 Å². The average molecular weight is 199 g/mol. The van der Waals surface area contributed by atoms with Crippen LogP contribution in [0.25, 0.3) is 0 Å². The summed E-state index contributed by atoms with van der Waals surface area (Å²) in [6, 6.07) is -0.908. The Balaban J connectivity index is 3.54. The lowest BCUT2D eigenvalue weighted by molar-refractivity contribution is -0.137. The van der Waals surface area contributed by atoms with Crippen LogP contribution in [-0.4, -0.2) is 29.5 Å². The predicted octanol–water partition coefficient (Wildman–Crippen LogP) is 0.112. The number of amidine groups is 1. The largest absolute Gasteiger partial charge is 0.480 e. The fourth-order valence-electron chi connectivity index (χ4n) is 0.790. The zero-order chi connectivity index (χ0) is 11.0. The van der Waals surface area contributed by atoms with E-state index in [9.17, 15) is 4.79 Å². The summed E-state index contributed by atoms with van der Waals surface area (Å²) in [5.41, 5.74) is 10.6. The molecule has 14 heavy (non-hydrogen) atoms. The van der Waals surface area contributed by atoms with E-state index >= 15 is 0 Å². The molecule has 0 aromatic heterocycles. The third-order valence-corrected chi connectivity index (χ3v) is 1.52. The minimum atomic E-state index is -1.02. The molecule has 0 spiro atoms. The zero-order valence-electron chi connectivity index (χ0n) is 8.31. The van der Waals surface area contributed by atoms with Gasteiger partial charge in [0.1, 0.15) is 6.04 Å². The van der Waals surface area contributed by atoms with Crippen molar-refractivity contribution < 1.29 is 9.90 Å². The van der Waals surface area contributed by atoms with Gasteiger partial charge in [-0.05, 0) is 19.8 Å². The van der Waals surface area contributed by atoms with E-state index in [-0.39, 0.29) is 0 Å². The average Bonchev–Trinajstić information content (AvgIpc) is 2.09. The van der Waals surface area contributed by atoms with Crippen LogP contribution in [0.4, 0.5) is 0 Å². The fourth-order valence-corrected chi connectivity index (χ4v) is 0.790. The first-order chi connectivity index (χ1) is 6.54. The van der Waals surface area contributed by atoms with Crippen LogP contribution in [0.2, 0.25) is 0 Å². The van der Waals surface area contributed by atoms with Crippen molar-refractivity contribution in [3.8, 4) is 0 Å². The monoisotopic (exact) mass is 199 g/mol. The Bertz CT molecular complexity index is 232. The van der Waals surface area contributed by atoms with Crippen molar-refractivity contribution in [2.45, 2.75) is 25.8 Å². The number of aliphatic imine (C=N–C) groups is 1. The second kappa shape index (κ2) is 7.08. The first-order valence-electron chi connectivity index (χ1n) is 4.45. The van der Waals surface area contributed by atoms with Gasteiger partial charge in [-0.25, -0.2) is 0 Å². The Morgan fingerprint density at radius 3 is 2.79 bits per heavy atom. The van der Waals surface area contributed by atoms with Crippen molar-refractivity contribution in [1.82, 2.24) is 0 Å². The molecular formula is C9H17N3O2. The molecule has 0 aliphatic carbocycles. The van der Waals surface area contributed by atoms with Gasteiger partial charge >= 0.3 is 5.97 Å². The normalized spacial score (nSPS) is 14.6. The highest BCUT2D eigenvalue weighted by Crippen LogP contribution is 1.93. The lowest BCUT2D eigenvalue weighted by Crippen LogP contribution is -2.27. The number of nitrogens with two attached hydrogens (primary N) is 2. The van der Waals surface area contributed by atoms with Gasteiger partial charge in [0.15, 0.2) is 0 Å². The molecule has 0 aromatic carbocycles. The maximum absolute atomic E-state index is 10.3. The second-order valence-corrected chi connectivity index (χ2v) is 2.96. The van der Waals surface area contributed by atoms with E-state index in [4.69, 9.17) is 16.6 Å². The third-order valence-electron chi connectivity index (χ3n) is 1.52. The fraction of sp³-hybridized carbons (Fsp3) is 0.556. The molecule has 5 heteroatoms. The number of carboxylic acids is 1. The molecule has 0 unspecified atom stereocenters. The van der Waals surface area contributed by atoms with Gasteiger partial charge in [0, 0.05) is 6.54 Å². The van der Waals surface area contributed by atoms with Gasteiger partial charge < -0.3 is 16.6 Å². The summed E-state index contributed by atoms with van der Waals surface area (Å²) in [4.78, 5) is 14.3. The van der Waals surface area contributed by atoms with E-state index in [0.29, 0.717) is 12.4 Å². The van der Waals surface area contributed by atoms with E-state index in [1.165, 1.54) is 6.08 Å². The SMILES string of the molecule is CC(N)=NCCC/C=C/[C@@H](N)C(=O)O. The van der Waals surface area contributed by atoms with Crippen LogP contribution < -0.4 is 11.5 Å². The number of allylic oxidation sites excluding steroid dienone is 1. The number of hydrogen-bond acceptors (Lipinski definition) is 3. The van der Waals surface area contributed by atoms with Gasteiger partial charge in [-0.1, -0.05) is 12.2 Å². The minimum Gasteiger partial charge on any atom is -0.480 e. The molecule has 0 amide bonds. The number of carboxylic acid groups (broad SMARTS) is 1. The number of carbonyl (C=O) groups is 1. The number of rotatable bonds is 6. The van der Waals surface area contributed by atoms with Gasteiger partial charge in [-0.2, -0.15) is 0 Å². The Morgan fingerprint density at radius 1 is 1.64 bits per heavy atom. The highest BCUT2D eigenvalue weighted by molar-refractivity contribution is 5.77. The van der Waals surface area contributed by atoms with Crippen LogP contribution in [0.15, 0.2) is 17.1 Å². The number of aliphatic carboxylic acids is 1. The molecule has 80 valence electrons. The maximum atomic E-state index is 10.3. The number of nitrogens with zero attached hydrogens (tertiary/aromatic N) is 1. The number of hydrogen-bond donors (Lipinski definition) is 3. The molecular weight excluding hydrogens is 182 g/mol. The summed E-state index contributed by atoms with van der Waals surface area (Å²) >= 11 is 0. The Kier molecular flexibility index (Phi) is 6.39. The summed E-state index contributed by atoms with van der Waals surface area (Å²) in [6.07, 6.45) is 4.83. The van der Waals surface area contributed by atoms with Crippen LogP contribution >= 0.6 is 0 Å². The quantitative estimate of drug-likeness (QED) is 0.244. The predicted molar refractivity (Wildman–Crippen MR) is 56.1 cm³/mol. The molecule has 0 radical (unpaired) electrons. The molecule has 5 N–H and O–H groups in total. The highest BCUT2D eigenvalue weighted by Gasteiger charge is 2.04. The first-order valence-corrected chi connectivity index (χ1v) is 4.45. The summed E-state index contributed by atoms with van der Waals surface area (Å²) in [7, 11) is 0. The Morgan fingerprint density at radius 2 is 2.29 bits per heavy atom. The highest BCUT2D eigenvalue weighted by atomic mass is 16.4. The maximum Gasteiger partial charge on any atom is 0.324 e. The Labute approximate surface area is 83.5 Å². The molecule has 5 nitrogen and oxygen atoms in total. The van der Waals surface area contributed by atoms with Crippen molar-refractivity contribution in [2.75, 3.05) is 6.54 Å². The third kappa shape index (κ3) is 7.30. The molecule has 0 heterocycles. The van der Waals surface area contributed by atoms with Crippen LogP contribution in [0.5, 0.6) is 0 Å². The summed E-state index contributed by atoms with van der Waals surface area (Å²) < 4.78 is 0. The lowest BCUT2D eigenvalue weighted by atomic mass is 10.2. The standard InChI is InChI=1S/C9H17N3O2/c1-7(10)12-6-4-2-3-5-8(11)9(13)14/h3,5,8H,2,4,6,11H2,1H3,(H2,10,12)(H,13,14)/b5-3+/t8-/m1/s1. The topological polar surface area (TPSA) is 102 Å². The van der Waals surface area contributed by atoms with Crippen LogP contribution in [-0.2, 0) is 4.79 Å². The molecule has 0 saturated carbocycles. The van der Waals surface area contributed by atoms with Crippen molar-refractivity contribution in [1.29, 1.82) is 0 Å². The van der Waals surface area contributed by atoms with Crippen molar-refractivity contribution in [2.24, 2.45) is 16.5 Å². The molecule has 0 aliphatic heterocycles. The smallest absolute Gasteiger partial charge is 0.324 e. The summed E-state index contributed by atoms with van der Waals surface area (Å²) in [6.45, 7) is 2.39. The van der Waals surface area contributed by atoms with Crippen molar-refractivity contribution in [3.63, 3.8) is 0 Å². The molecule has 0 fully saturated rings. The van der Waals surface area contributed by atoms with E-state index in [0.717, 1.165) is 12.8 Å². The van der Waals surface area contributed by atoms with Crippen LogP contribution in [0, 0.1) is 0 Å². The molecule has 1 atom stereocenters. The second-order valence-electron chi connectivity index (χ2n) is 2.96.